The van der Waals surface area contributed by atoms with Crippen molar-refractivity contribution < 1.29 is 27.7 Å². The normalized spacial score (nSPS) is 20.5. The van der Waals surface area contributed by atoms with Crippen molar-refractivity contribution in [2.45, 2.75) is 37.6 Å². The lowest BCUT2D eigenvalue weighted by Crippen LogP contribution is -2.54. The van der Waals surface area contributed by atoms with Crippen molar-refractivity contribution in [3.8, 4) is 11.5 Å². The SMILES string of the molecule is COCCCN1CCOc2ccc(COC3CNCCC3c3ccc(OC4CN(c5cc(F)ccc5F)C4)cc3)cc21. The number of benzene rings is 3. The average molecular weight is 580 g/mol. The van der Waals surface area contributed by atoms with Gasteiger partial charge in [0.2, 0.25) is 0 Å². The molecule has 2 atom stereocenters. The predicted molar refractivity (Wildman–Crippen MR) is 159 cm³/mol. The van der Waals surface area contributed by atoms with E-state index in [4.69, 9.17) is 18.9 Å². The first-order valence-corrected chi connectivity index (χ1v) is 14.9. The molecule has 0 saturated carbocycles. The Morgan fingerprint density at radius 3 is 2.69 bits per heavy atom. The summed E-state index contributed by atoms with van der Waals surface area (Å²) in [5.74, 6) is 1.13. The summed E-state index contributed by atoms with van der Waals surface area (Å²) in [6, 6.07) is 18.1. The molecule has 1 N–H and O–H groups in total. The second kappa shape index (κ2) is 13.3. The Kier molecular flexibility index (Phi) is 9.07. The molecule has 0 amide bonds. The number of halogens is 2. The van der Waals surface area contributed by atoms with Gasteiger partial charge in [-0.2, -0.15) is 0 Å². The van der Waals surface area contributed by atoms with Crippen LogP contribution in [0.4, 0.5) is 20.2 Å². The van der Waals surface area contributed by atoms with E-state index in [-0.39, 0.29) is 23.8 Å². The number of hydrogen-bond donors (Lipinski definition) is 1. The van der Waals surface area contributed by atoms with E-state index >= 15 is 0 Å². The summed E-state index contributed by atoms with van der Waals surface area (Å²) in [6.07, 6.45) is 1.96. The molecule has 3 aliphatic heterocycles. The smallest absolute Gasteiger partial charge is 0.146 e. The van der Waals surface area contributed by atoms with Crippen LogP contribution in [-0.4, -0.2) is 71.8 Å². The van der Waals surface area contributed by atoms with Crippen LogP contribution in [0.2, 0.25) is 0 Å². The largest absolute Gasteiger partial charge is 0.490 e. The topological polar surface area (TPSA) is 55.4 Å². The zero-order chi connectivity index (χ0) is 28.9. The molecule has 0 radical (unpaired) electrons. The fraction of sp³-hybridized carbons (Fsp3) is 0.455. The minimum atomic E-state index is -0.441. The van der Waals surface area contributed by atoms with Crippen LogP contribution in [0.3, 0.4) is 0 Å². The third-order valence-corrected chi connectivity index (χ3v) is 8.36. The molecule has 9 heteroatoms. The van der Waals surface area contributed by atoms with E-state index < -0.39 is 11.6 Å². The van der Waals surface area contributed by atoms with Gasteiger partial charge in [0, 0.05) is 38.8 Å². The fourth-order valence-corrected chi connectivity index (χ4v) is 6.05. The Morgan fingerprint density at radius 1 is 1.00 bits per heavy atom. The molecular weight excluding hydrogens is 540 g/mol. The van der Waals surface area contributed by atoms with Crippen LogP contribution in [0.15, 0.2) is 60.7 Å². The average Bonchev–Trinajstić information content (AvgIpc) is 3.00. The maximum atomic E-state index is 14.1. The van der Waals surface area contributed by atoms with Crippen LogP contribution in [0.1, 0.15) is 29.9 Å². The zero-order valence-electron chi connectivity index (χ0n) is 24.1. The molecule has 6 rings (SSSR count). The lowest BCUT2D eigenvalue weighted by atomic mass is 9.87. The molecule has 42 heavy (non-hydrogen) atoms. The summed E-state index contributed by atoms with van der Waals surface area (Å²) >= 11 is 0. The molecule has 2 saturated heterocycles. The maximum absolute atomic E-state index is 14.1. The summed E-state index contributed by atoms with van der Waals surface area (Å²) in [6.45, 7) is 6.58. The fourth-order valence-electron chi connectivity index (χ4n) is 6.05. The number of methoxy groups -OCH3 is 1. The minimum absolute atomic E-state index is 0.0527. The zero-order valence-corrected chi connectivity index (χ0v) is 24.1. The van der Waals surface area contributed by atoms with Gasteiger partial charge >= 0.3 is 0 Å². The monoisotopic (exact) mass is 579 g/mol. The summed E-state index contributed by atoms with van der Waals surface area (Å²) in [5, 5.41) is 3.49. The van der Waals surface area contributed by atoms with E-state index in [1.807, 2.05) is 12.1 Å². The molecule has 0 aliphatic carbocycles. The highest BCUT2D eigenvalue weighted by molar-refractivity contribution is 5.61. The number of hydrogen-bond acceptors (Lipinski definition) is 7. The molecule has 224 valence electrons. The molecule has 3 aromatic carbocycles. The first-order valence-electron chi connectivity index (χ1n) is 14.9. The summed E-state index contributed by atoms with van der Waals surface area (Å²) < 4.78 is 51.4. The summed E-state index contributed by atoms with van der Waals surface area (Å²) in [5.41, 5.74) is 3.78. The van der Waals surface area contributed by atoms with Crippen LogP contribution in [0.25, 0.3) is 0 Å². The van der Waals surface area contributed by atoms with Crippen LogP contribution in [0, 0.1) is 11.6 Å². The van der Waals surface area contributed by atoms with Gasteiger partial charge in [0.05, 0.1) is 43.7 Å². The first-order chi connectivity index (χ1) is 20.6. The van der Waals surface area contributed by atoms with Crippen LogP contribution in [0.5, 0.6) is 11.5 Å². The van der Waals surface area contributed by atoms with Crippen molar-refractivity contribution >= 4 is 11.4 Å². The lowest BCUT2D eigenvalue weighted by Gasteiger charge is -2.40. The van der Waals surface area contributed by atoms with Crippen LogP contribution < -0.4 is 24.6 Å². The molecule has 0 bridgehead atoms. The highest BCUT2D eigenvalue weighted by Gasteiger charge is 2.31. The molecule has 7 nitrogen and oxygen atoms in total. The van der Waals surface area contributed by atoms with E-state index in [0.29, 0.717) is 26.3 Å². The van der Waals surface area contributed by atoms with Gasteiger partial charge in [0.25, 0.3) is 0 Å². The third-order valence-electron chi connectivity index (χ3n) is 8.36. The number of ether oxygens (including phenoxy) is 4. The Bertz CT molecular complexity index is 1340. The number of nitrogens with one attached hydrogen (secondary N) is 1. The molecule has 3 aromatic rings. The molecule has 2 fully saturated rings. The highest BCUT2D eigenvalue weighted by atomic mass is 19.1. The molecule has 0 spiro atoms. The number of piperidine rings is 1. The van der Waals surface area contributed by atoms with Gasteiger partial charge in [-0.3, -0.25) is 0 Å². The summed E-state index contributed by atoms with van der Waals surface area (Å²) in [4.78, 5) is 4.17. The van der Waals surface area contributed by atoms with Crippen molar-refractivity contribution in [2.75, 3.05) is 69.4 Å². The number of nitrogens with zero attached hydrogens (tertiary/aromatic N) is 2. The number of rotatable bonds is 11. The van der Waals surface area contributed by atoms with Gasteiger partial charge in [-0.05, 0) is 66.9 Å². The van der Waals surface area contributed by atoms with E-state index in [1.165, 1.54) is 11.6 Å². The standard InChI is InChI=1S/C33H39F2N3O4/c1-39-15-2-13-37-14-16-40-32-10-3-23(17-31(32)37)22-41-33-19-36-12-11-28(33)24-4-7-26(8-5-24)42-27-20-38(21-27)30-18-25(34)6-9-29(30)35/h3-10,17-18,27-28,33,36H,2,11-16,19-22H2,1H3. The minimum Gasteiger partial charge on any atom is -0.490 e. The number of anilines is 2. The molecule has 2 unspecified atom stereocenters. The number of fused-ring (bicyclic) bond motifs is 1. The van der Waals surface area contributed by atoms with Gasteiger partial charge in [-0.25, -0.2) is 8.78 Å². The Labute approximate surface area is 246 Å². The van der Waals surface area contributed by atoms with Crippen molar-refractivity contribution in [1.82, 2.24) is 5.32 Å². The van der Waals surface area contributed by atoms with E-state index in [9.17, 15) is 8.78 Å². The van der Waals surface area contributed by atoms with Gasteiger partial charge in [0.15, 0.2) is 0 Å². The molecular formula is C33H39F2N3O4. The van der Waals surface area contributed by atoms with E-state index in [0.717, 1.165) is 80.5 Å². The van der Waals surface area contributed by atoms with Gasteiger partial charge in [-0.1, -0.05) is 18.2 Å². The Morgan fingerprint density at radius 2 is 1.86 bits per heavy atom. The van der Waals surface area contributed by atoms with E-state index in [2.05, 4.69) is 40.5 Å². The second-order valence-electron chi connectivity index (χ2n) is 11.2. The van der Waals surface area contributed by atoms with Crippen LogP contribution >= 0.6 is 0 Å². The van der Waals surface area contributed by atoms with Gasteiger partial charge in [0.1, 0.15) is 35.8 Å². The van der Waals surface area contributed by atoms with Crippen LogP contribution in [-0.2, 0) is 16.1 Å². The third kappa shape index (κ3) is 6.64. The van der Waals surface area contributed by atoms with Crippen molar-refractivity contribution in [2.24, 2.45) is 0 Å². The highest BCUT2D eigenvalue weighted by Crippen LogP contribution is 2.35. The second-order valence-corrected chi connectivity index (χ2v) is 11.2. The quantitative estimate of drug-likeness (QED) is 0.316. The molecule has 3 aliphatic rings. The molecule has 0 aromatic heterocycles. The Balaban J connectivity index is 1.04. The van der Waals surface area contributed by atoms with E-state index in [1.54, 1.807) is 12.0 Å². The van der Waals surface area contributed by atoms with Crippen molar-refractivity contribution in [3.05, 3.63) is 83.4 Å². The van der Waals surface area contributed by atoms with Gasteiger partial charge < -0.3 is 34.1 Å². The maximum Gasteiger partial charge on any atom is 0.146 e. The first kappa shape index (κ1) is 28.7. The van der Waals surface area contributed by atoms with Crippen molar-refractivity contribution in [3.63, 3.8) is 0 Å². The predicted octanol–water partition coefficient (Wildman–Crippen LogP) is 5.13. The van der Waals surface area contributed by atoms with Crippen molar-refractivity contribution in [1.29, 1.82) is 0 Å². The molecule has 3 heterocycles. The Hall–Kier alpha value is -3.40. The summed E-state index contributed by atoms with van der Waals surface area (Å²) in [7, 11) is 1.74. The van der Waals surface area contributed by atoms with Gasteiger partial charge in [-0.15, -0.1) is 0 Å². The lowest BCUT2D eigenvalue weighted by molar-refractivity contribution is 0.0106.